The molecule has 0 N–H and O–H groups in total. The van der Waals surface area contributed by atoms with Crippen LogP contribution in [0.15, 0.2) is 29.2 Å². The van der Waals surface area contributed by atoms with E-state index < -0.39 is 0 Å². The molecular weight excluding hydrogens is 366 g/mol. The van der Waals surface area contributed by atoms with Gasteiger partial charge in [0.1, 0.15) is 5.65 Å². The third-order valence-corrected chi connectivity index (χ3v) is 5.23. The predicted octanol–water partition coefficient (Wildman–Crippen LogP) is 1.33. The molecule has 2 aromatic heterocycles. The number of hydrogen-bond donors (Lipinski definition) is 0. The number of halogens is 1. The van der Waals surface area contributed by atoms with Gasteiger partial charge >= 0.3 is 0 Å². The quantitative estimate of drug-likeness (QED) is 0.743. The van der Waals surface area contributed by atoms with Crippen molar-refractivity contribution < 1.29 is 4.79 Å². The molecule has 0 atom stereocenters. The van der Waals surface area contributed by atoms with Gasteiger partial charge in [-0.1, -0.05) is 11.6 Å². The van der Waals surface area contributed by atoms with Crippen LogP contribution < -0.4 is 5.56 Å². The molecular formula is C19H26ClN5O2. The molecule has 0 bridgehead atoms. The Hall–Kier alpha value is -1.96. The van der Waals surface area contributed by atoms with Crippen molar-refractivity contribution in [1.82, 2.24) is 24.1 Å². The number of hydrogen-bond acceptors (Lipinski definition) is 5. The molecule has 0 unspecified atom stereocenters. The van der Waals surface area contributed by atoms with Crippen molar-refractivity contribution in [2.75, 3.05) is 45.8 Å². The number of carbonyl (C=O) groups is 1. The highest BCUT2D eigenvalue weighted by atomic mass is 35.5. The Labute approximate surface area is 164 Å². The standard InChI is InChI=1S/C19H26ClN5O2/c1-3-24(4-2)19(27)14-23-9-7-22(8-10-23)13-16-11-18(26)25-12-15(20)5-6-17(25)21-16/h5-6,11-12H,3-4,7-10,13-14H2,1-2H3. The molecule has 2 aromatic rings. The second-order valence-electron chi connectivity index (χ2n) is 6.78. The molecule has 1 aliphatic rings. The Balaban J connectivity index is 1.58. The lowest BCUT2D eigenvalue weighted by molar-refractivity contribution is -0.132. The Morgan fingerprint density at radius 3 is 2.48 bits per heavy atom. The van der Waals surface area contributed by atoms with Crippen LogP contribution in [0.4, 0.5) is 0 Å². The normalized spacial score (nSPS) is 16.0. The van der Waals surface area contributed by atoms with E-state index in [4.69, 9.17) is 11.6 Å². The van der Waals surface area contributed by atoms with Crippen molar-refractivity contribution in [3.8, 4) is 0 Å². The fraction of sp³-hybridized carbons (Fsp3) is 0.526. The fourth-order valence-corrected chi connectivity index (χ4v) is 3.57. The molecule has 1 saturated heterocycles. The summed E-state index contributed by atoms with van der Waals surface area (Å²) in [5.41, 5.74) is 1.24. The molecule has 8 heteroatoms. The summed E-state index contributed by atoms with van der Waals surface area (Å²) in [6.07, 6.45) is 1.58. The van der Waals surface area contributed by atoms with Crippen LogP contribution in [0.5, 0.6) is 0 Å². The molecule has 0 aromatic carbocycles. The van der Waals surface area contributed by atoms with Crippen molar-refractivity contribution in [2.45, 2.75) is 20.4 Å². The van der Waals surface area contributed by atoms with Gasteiger partial charge in [0.05, 0.1) is 17.3 Å². The summed E-state index contributed by atoms with van der Waals surface area (Å²) in [5.74, 6) is 0.191. The number of fused-ring (bicyclic) bond motifs is 1. The molecule has 146 valence electrons. The molecule has 0 aliphatic carbocycles. The summed E-state index contributed by atoms with van der Waals surface area (Å²) in [6.45, 7) is 10.0. The average molecular weight is 392 g/mol. The number of aromatic nitrogens is 2. The molecule has 1 aliphatic heterocycles. The van der Waals surface area contributed by atoms with Crippen LogP contribution in [-0.4, -0.2) is 75.8 Å². The number of amides is 1. The lowest BCUT2D eigenvalue weighted by Gasteiger charge is -2.35. The van der Waals surface area contributed by atoms with Gasteiger partial charge in [-0.3, -0.25) is 23.8 Å². The van der Waals surface area contributed by atoms with E-state index in [1.54, 1.807) is 24.4 Å². The zero-order chi connectivity index (χ0) is 19.4. The number of rotatable bonds is 6. The largest absolute Gasteiger partial charge is 0.342 e. The second kappa shape index (κ2) is 8.82. The number of nitrogens with zero attached hydrogens (tertiary/aromatic N) is 5. The molecule has 0 saturated carbocycles. The summed E-state index contributed by atoms with van der Waals surface area (Å²) >= 11 is 5.95. The van der Waals surface area contributed by atoms with E-state index in [0.717, 1.165) is 45.0 Å². The monoisotopic (exact) mass is 391 g/mol. The predicted molar refractivity (Wildman–Crippen MR) is 106 cm³/mol. The Morgan fingerprint density at radius 2 is 1.81 bits per heavy atom. The molecule has 3 heterocycles. The maximum atomic E-state index is 12.3. The van der Waals surface area contributed by atoms with Crippen molar-refractivity contribution in [1.29, 1.82) is 0 Å². The average Bonchev–Trinajstić information content (AvgIpc) is 2.65. The molecule has 1 fully saturated rings. The van der Waals surface area contributed by atoms with Gasteiger partial charge in [-0.15, -0.1) is 0 Å². The van der Waals surface area contributed by atoms with Gasteiger partial charge in [-0.25, -0.2) is 4.98 Å². The van der Waals surface area contributed by atoms with Gasteiger partial charge in [0.25, 0.3) is 5.56 Å². The minimum Gasteiger partial charge on any atom is -0.342 e. The van der Waals surface area contributed by atoms with Gasteiger partial charge < -0.3 is 4.90 Å². The molecule has 27 heavy (non-hydrogen) atoms. The maximum Gasteiger partial charge on any atom is 0.258 e. The molecule has 0 radical (unpaired) electrons. The summed E-state index contributed by atoms with van der Waals surface area (Å²) in [6, 6.07) is 5.06. The Morgan fingerprint density at radius 1 is 1.15 bits per heavy atom. The zero-order valence-electron chi connectivity index (χ0n) is 15.9. The Kier molecular flexibility index (Phi) is 6.46. The summed E-state index contributed by atoms with van der Waals surface area (Å²) in [7, 11) is 0. The summed E-state index contributed by atoms with van der Waals surface area (Å²) in [5, 5.41) is 0.509. The highest BCUT2D eigenvalue weighted by Gasteiger charge is 2.21. The highest BCUT2D eigenvalue weighted by molar-refractivity contribution is 6.30. The number of pyridine rings is 1. The first-order valence-electron chi connectivity index (χ1n) is 9.40. The molecule has 3 rings (SSSR count). The van der Waals surface area contributed by atoms with E-state index in [1.165, 1.54) is 4.40 Å². The fourth-order valence-electron chi connectivity index (χ4n) is 3.41. The first-order chi connectivity index (χ1) is 13.0. The lowest BCUT2D eigenvalue weighted by atomic mass is 10.2. The summed E-state index contributed by atoms with van der Waals surface area (Å²) < 4.78 is 1.46. The van der Waals surface area contributed by atoms with E-state index >= 15 is 0 Å². The smallest absolute Gasteiger partial charge is 0.258 e. The second-order valence-corrected chi connectivity index (χ2v) is 7.22. The van der Waals surface area contributed by atoms with Crippen molar-refractivity contribution in [3.63, 3.8) is 0 Å². The van der Waals surface area contributed by atoms with Crippen LogP contribution in [0.1, 0.15) is 19.5 Å². The first kappa shape index (κ1) is 19.8. The number of piperazine rings is 1. The van der Waals surface area contributed by atoms with Gasteiger partial charge in [0, 0.05) is 58.1 Å². The van der Waals surface area contributed by atoms with Gasteiger partial charge in [-0.05, 0) is 26.0 Å². The highest BCUT2D eigenvalue weighted by Crippen LogP contribution is 2.10. The molecule has 7 nitrogen and oxygen atoms in total. The maximum absolute atomic E-state index is 12.3. The topological polar surface area (TPSA) is 61.2 Å². The van der Waals surface area contributed by atoms with E-state index in [2.05, 4.69) is 14.8 Å². The van der Waals surface area contributed by atoms with Gasteiger partial charge in [0.2, 0.25) is 5.91 Å². The van der Waals surface area contributed by atoms with E-state index in [1.807, 2.05) is 18.7 Å². The third kappa shape index (κ3) is 4.86. The van der Waals surface area contributed by atoms with Gasteiger partial charge in [-0.2, -0.15) is 0 Å². The minimum absolute atomic E-state index is 0.124. The van der Waals surface area contributed by atoms with Crippen molar-refractivity contribution in [2.24, 2.45) is 0 Å². The van der Waals surface area contributed by atoms with E-state index in [-0.39, 0.29) is 11.5 Å². The Bertz CT molecular complexity index is 857. The van der Waals surface area contributed by atoms with E-state index in [9.17, 15) is 9.59 Å². The van der Waals surface area contributed by atoms with Crippen LogP contribution in [0.3, 0.4) is 0 Å². The van der Waals surface area contributed by atoms with Gasteiger partial charge in [0.15, 0.2) is 0 Å². The van der Waals surface area contributed by atoms with Crippen LogP contribution in [0.2, 0.25) is 5.02 Å². The van der Waals surface area contributed by atoms with Crippen LogP contribution >= 0.6 is 11.6 Å². The number of carbonyl (C=O) groups excluding carboxylic acids is 1. The van der Waals surface area contributed by atoms with Crippen molar-refractivity contribution in [3.05, 3.63) is 45.5 Å². The van der Waals surface area contributed by atoms with Crippen LogP contribution in [-0.2, 0) is 11.3 Å². The first-order valence-corrected chi connectivity index (χ1v) is 9.78. The van der Waals surface area contributed by atoms with Crippen molar-refractivity contribution >= 4 is 23.2 Å². The lowest BCUT2D eigenvalue weighted by Crippen LogP contribution is -2.49. The minimum atomic E-state index is -0.124. The zero-order valence-corrected chi connectivity index (χ0v) is 16.7. The molecule has 0 spiro atoms. The van der Waals surface area contributed by atoms with Crippen LogP contribution in [0, 0.1) is 0 Å². The molecule has 1 amide bonds. The summed E-state index contributed by atoms with van der Waals surface area (Å²) in [4.78, 5) is 35.4. The SMILES string of the molecule is CCN(CC)C(=O)CN1CCN(Cc2cc(=O)n3cc(Cl)ccc3n2)CC1. The van der Waals surface area contributed by atoms with E-state index in [0.29, 0.717) is 23.8 Å². The third-order valence-electron chi connectivity index (χ3n) is 5.00. The van der Waals surface area contributed by atoms with Crippen LogP contribution in [0.25, 0.3) is 5.65 Å². The number of likely N-dealkylation sites (N-methyl/N-ethyl adjacent to an activating group) is 1.